The molecule has 0 saturated heterocycles. The average molecular weight is 387 g/mol. The lowest BCUT2D eigenvalue weighted by molar-refractivity contribution is -0.141. The standard InChI is InChI=1S/C16H25N3O6S/c1-19(12-15(20)25-3)10-8-17-16(21)13-4-6-14(7-5-13)26(22,23)18-9-11-24-2/h4-7,18H,8-12H2,1-3H3,(H,17,21). The molecular formula is C16H25N3O6S. The lowest BCUT2D eigenvalue weighted by atomic mass is 10.2. The number of ether oxygens (including phenoxy) is 2. The zero-order chi connectivity index (χ0) is 19.6. The highest BCUT2D eigenvalue weighted by Crippen LogP contribution is 2.10. The third-order valence-corrected chi connectivity index (χ3v) is 4.91. The summed E-state index contributed by atoms with van der Waals surface area (Å²) in [5, 5.41) is 2.71. The number of carbonyl (C=O) groups is 2. The van der Waals surface area contributed by atoms with E-state index in [1.807, 2.05) is 0 Å². The largest absolute Gasteiger partial charge is 0.468 e. The summed E-state index contributed by atoms with van der Waals surface area (Å²) in [6.45, 7) is 1.38. The molecule has 9 nitrogen and oxygen atoms in total. The highest BCUT2D eigenvalue weighted by molar-refractivity contribution is 7.89. The quantitative estimate of drug-likeness (QED) is 0.387. The highest BCUT2D eigenvalue weighted by Gasteiger charge is 2.14. The summed E-state index contributed by atoms with van der Waals surface area (Å²) >= 11 is 0. The van der Waals surface area contributed by atoms with E-state index >= 15 is 0 Å². The van der Waals surface area contributed by atoms with Crippen LogP contribution in [0.4, 0.5) is 0 Å². The second-order valence-electron chi connectivity index (χ2n) is 5.48. The maximum absolute atomic E-state index is 12.1. The van der Waals surface area contributed by atoms with E-state index in [0.29, 0.717) is 18.7 Å². The van der Waals surface area contributed by atoms with Crippen LogP contribution in [0, 0.1) is 0 Å². The maximum Gasteiger partial charge on any atom is 0.319 e. The van der Waals surface area contributed by atoms with Crippen LogP contribution >= 0.6 is 0 Å². The Balaban J connectivity index is 2.52. The van der Waals surface area contributed by atoms with Gasteiger partial charge in [-0.1, -0.05) is 0 Å². The van der Waals surface area contributed by atoms with E-state index in [2.05, 4.69) is 14.8 Å². The first-order valence-electron chi connectivity index (χ1n) is 7.92. The molecule has 0 atom stereocenters. The van der Waals surface area contributed by atoms with Crippen LogP contribution in [0.15, 0.2) is 29.2 Å². The lowest BCUT2D eigenvalue weighted by Crippen LogP contribution is -2.35. The molecule has 1 aromatic rings. The summed E-state index contributed by atoms with van der Waals surface area (Å²) in [6, 6.07) is 5.62. The van der Waals surface area contributed by atoms with Gasteiger partial charge < -0.3 is 14.8 Å². The minimum absolute atomic E-state index is 0.0722. The molecule has 0 heterocycles. The molecule has 146 valence electrons. The molecule has 0 saturated carbocycles. The molecule has 0 aliphatic heterocycles. The monoisotopic (exact) mass is 387 g/mol. The van der Waals surface area contributed by atoms with Crippen LogP contribution in [-0.4, -0.2) is 79.2 Å². The maximum atomic E-state index is 12.1. The fraction of sp³-hybridized carbons (Fsp3) is 0.500. The van der Waals surface area contributed by atoms with E-state index in [4.69, 9.17) is 4.74 Å². The molecule has 0 unspecified atom stereocenters. The van der Waals surface area contributed by atoms with Crippen LogP contribution in [-0.2, 0) is 24.3 Å². The van der Waals surface area contributed by atoms with Gasteiger partial charge >= 0.3 is 5.97 Å². The first kappa shape index (κ1) is 22.0. The zero-order valence-electron chi connectivity index (χ0n) is 15.1. The number of amides is 1. The summed E-state index contributed by atoms with van der Waals surface area (Å²) < 4.78 is 35.8. The molecule has 0 aliphatic carbocycles. The summed E-state index contributed by atoms with van der Waals surface area (Å²) in [7, 11) is 0.901. The molecule has 1 aromatic carbocycles. The Morgan fingerprint density at radius 3 is 2.35 bits per heavy atom. The number of methoxy groups -OCH3 is 2. The number of carbonyl (C=O) groups excluding carboxylic acids is 2. The van der Waals surface area contributed by atoms with Crippen molar-refractivity contribution >= 4 is 21.9 Å². The molecule has 0 bridgehead atoms. The van der Waals surface area contributed by atoms with E-state index in [9.17, 15) is 18.0 Å². The second kappa shape index (κ2) is 10.9. The van der Waals surface area contributed by atoms with Crippen LogP contribution in [0.25, 0.3) is 0 Å². The van der Waals surface area contributed by atoms with Crippen LogP contribution in [0.5, 0.6) is 0 Å². The van der Waals surface area contributed by atoms with Gasteiger partial charge in [0, 0.05) is 32.3 Å². The van der Waals surface area contributed by atoms with E-state index in [1.54, 1.807) is 11.9 Å². The number of nitrogens with one attached hydrogen (secondary N) is 2. The van der Waals surface area contributed by atoms with Crippen molar-refractivity contribution in [3.05, 3.63) is 29.8 Å². The van der Waals surface area contributed by atoms with Crippen molar-refractivity contribution in [3.63, 3.8) is 0 Å². The van der Waals surface area contributed by atoms with Gasteiger partial charge in [0.25, 0.3) is 5.91 Å². The number of benzene rings is 1. The molecule has 2 N–H and O–H groups in total. The summed E-state index contributed by atoms with van der Waals surface area (Å²) in [5.41, 5.74) is 0.344. The number of hydrogen-bond acceptors (Lipinski definition) is 7. The molecule has 0 fully saturated rings. The van der Waals surface area contributed by atoms with E-state index < -0.39 is 10.0 Å². The van der Waals surface area contributed by atoms with Gasteiger partial charge in [0.15, 0.2) is 0 Å². The summed E-state index contributed by atoms with van der Waals surface area (Å²) in [6.07, 6.45) is 0. The van der Waals surface area contributed by atoms with Crippen molar-refractivity contribution in [2.75, 3.05) is 54.1 Å². The number of likely N-dealkylation sites (N-methyl/N-ethyl adjacent to an activating group) is 1. The molecule has 10 heteroatoms. The van der Waals surface area contributed by atoms with Crippen molar-refractivity contribution in [1.82, 2.24) is 14.9 Å². The SMILES string of the molecule is COCCNS(=O)(=O)c1ccc(C(=O)NCCN(C)CC(=O)OC)cc1. The van der Waals surface area contributed by atoms with Crippen LogP contribution in [0.1, 0.15) is 10.4 Å². The van der Waals surface area contributed by atoms with E-state index in [-0.39, 0.29) is 36.5 Å². The lowest BCUT2D eigenvalue weighted by Gasteiger charge is -2.15. The summed E-state index contributed by atoms with van der Waals surface area (Å²) in [5.74, 6) is -0.678. The van der Waals surface area contributed by atoms with Gasteiger partial charge in [0.05, 0.1) is 25.2 Å². The molecule has 0 aliphatic rings. The Morgan fingerprint density at radius 2 is 1.77 bits per heavy atom. The molecule has 0 spiro atoms. The van der Waals surface area contributed by atoms with E-state index in [0.717, 1.165) is 0 Å². The Morgan fingerprint density at radius 1 is 1.12 bits per heavy atom. The summed E-state index contributed by atoms with van der Waals surface area (Å²) in [4.78, 5) is 25.0. The molecule has 0 radical (unpaired) electrons. The van der Waals surface area contributed by atoms with Crippen LogP contribution in [0.3, 0.4) is 0 Å². The zero-order valence-corrected chi connectivity index (χ0v) is 16.0. The Hall–Kier alpha value is -2.01. The molecule has 1 amide bonds. The van der Waals surface area contributed by atoms with E-state index in [1.165, 1.54) is 38.5 Å². The van der Waals surface area contributed by atoms with Crippen molar-refractivity contribution in [2.24, 2.45) is 0 Å². The van der Waals surface area contributed by atoms with Gasteiger partial charge in [-0.2, -0.15) is 0 Å². The minimum Gasteiger partial charge on any atom is -0.468 e. The first-order chi connectivity index (χ1) is 12.3. The smallest absolute Gasteiger partial charge is 0.319 e. The van der Waals surface area contributed by atoms with Crippen molar-refractivity contribution < 1.29 is 27.5 Å². The molecular weight excluding hydrogens is 362 g/mol. The number of sulfonamides is 1. The van der Waals surface area contributed by atoms with Gasteiger partial charge in [-0.3, -0.25) is 14.5 Å². The van der Waals surface area contributed by atoms with Gasteiger partial charge in [0.2, 0.25) is 10.0 Å². The number of hydrogen-bond donors (Lipinski definition) is 2. The third-order valence-electron chi connectivity index (χ3n) is 3.43. The fourth-order valence-electron chi connectivity index (χ4n) is 1.97. The van der Waals surface area contributed by atoms with Crippen LogP contribution < -0.4 is 10.0 Å². The number of nitrogens with zero attached hydrogens (tertiary/aromatic N) is 1. The van der Waals surface area contributed by atoms with Crippen molar-refractivity contribution in [2.45, 2.75) is 4.90 Å². The Bertz CT molecular complexity index is 690. The predicted octanol–water partition coefficient (Wildman–Crippen LogP) is -0.554. The van der Waals surface area contributed by atoms with Crippen molar-refractivity contribution in [3.8, 4) is 0 Å². The number of esters is 1. The predicted molar refractivity (Wildman–Crippen MR) is 95.4 cm³/mol. The van der Waals surface area contributed by atoms with Crippen molar-refractivity contribution in [1.29, 1.82) is 0 Å². The van der Waals surface area contributed by atoms with Gasteiger partial charge in [-0.05, 0) is 31.3 Å². The minimum atomic E-state index is -3.63. The Kier molecular flexibility index (Phi) is 9.21. The Labute approximate surface area is 153 Å². The van der Waals surface area contributed by atoms with Gasteiger partial charge in [-0.25, -0.2) is 13.1 Å². The van der Waals surface area contributed by atoms with Gasteiger partial charge in [-0.15, -0.1) is 0 Å². The number of rotatable bonds is 11. The van der Waals surface area contributed by atoms with Crippen LogP contribution in [0.2, 0.25) is 0 Å². The average Bonchev–Trinajstić information content (AvgIpc) is 2.61. The second-order valence-corrected chi connectivity index (χ2v) is 7.25. The van der Waals surface area contributed by atoms with Gasteiger partial charge in [0.1, 0.15) is 0 Å². The fourth-order valence-corrected chi connectivity index (χ4v) is 2.99. The topological polar surface area (TPSA) is 114 Å². The highest BCUT2D eigenvalue weighted by atomic mass is 32.2. The molecule has 1 rings (SSSR count). The normalized spacial score (nSPS) is 11.4. The third kappa shape index (κ3) is 7.48. The first-order valence-corrected chi connectivity index (χ1v) is 9.40. The molecule has 26 heavy (non-hydrogen) atoms. The molecule has 0 aromatic heterocycles.